The highest BCUT2D eigenvalue weighted by Gasteiger charge is 2.27. The molecular weight excluding hydrogens is 599 g/mol. The number of furan rings is 2. The SMILES string of the molecule is c1ccc(-c2ccc(N(c3cccc4c3oc3ccccc34)c3c(-c4ccccc4)ccc4c3oc3ccc5ccccc5c34)cc2)cc1. The van der Waals surface area contributed by atoms with E-state index in [-0.39, 0.29) is 0 Å². The Kier molecular flexibility index (Phi) is 6.18. The van der Waals surface area contributed by atoms with Crippen molar-refractivity contribution in [3.63, 3.8) is 0 Å². The average molecular weight is 628 g/mol. The molecule has 2 aromatic heterocycles. The smallest absolute Gasteiger partial charge is 0.160 e. The highest BCUT2D eigenvalue weighted by Crippen LogP contribution is 2.50. The van der Waals surface area contributed by atoms with Gasteiger partial charge in [0.15, 0.2) is 11.2 Å². The summed E-state index contributed by atoms with van der Waals surface area (Å²) in [6.07, 6.45) is 0. The second kappa shape index (κ2) is 11.0. The molecule has 0 unspecified atom stereocenters. The van der Waals surface area contributed by atoms with Gasteiger partial charge in [0.05, 0.1) is 11.4 Å². The van der Waals surface area contributed by atoms with Crippen LogP contribution in [0.5, 0.6) is 0 Å². The first-order valence-corrected chi connectivity index (χ1v) is 16.6. The molecule has 8 aromatic carbocycles. The van der Waals surface area contributed by atoms with E-state index in [1.165, 1.54) is 16.3 Å². The number of rotatable bonds is 5. The molecule has 0 radical (unpaired) electrons. The van der Waals surface area contributed by atoms with Gasteiger partial charge in [-0.25, -0.2) is 0 Å². The van der Waals surface area contributed by atoms with Gasteiger partial charge in [0.2, 0.25) is 0 Å². The normalized spacial score (nSPS) is 11.7. The largest absolute Gasteiger partial charge is 0.454 e. The summed E-state index contributed by atoms with van der Waals surface area (Å²) in [5.41, 5.74) is 10.8. The third-order valence-electron chi connectivity index (χ3n) is 9.67. The van der Waals surface area contributed by atoms with Crippen LogP contribution in [0.1, 0.15) is 0 Å². The molecule has 0 fully saturated rings. The molecule has 0 aliphatic heterocycles. The number of benzene rings is 8. The highest BCUT2D eigenvalue weighted by molar-refractivity contribution is 6.23. The number of nitrogens with zero attached hydrogens (tertiary/aromatic N) is 1. The molecule has 10 aromatic rings. The van der Waals surface area contributed by atoms with Crippen LogP contribution in [0.15, 0.2) is 185 Å². The van der Waals surface area contributed by atoms with Crippen molar-refractivity contribution in [2.24, 2.45) is 0 Å². The Bertz CT molecular complexity index is 2810. The molecule has 0 bridgehead atoms. The third-order valence-corrected chi connectivity index (χ3v) is 9.67. The van der Waals surface area contributed by atoms with Gasteiger partial charge in [-0.15, -0.1) is 0 Å². The number of anilines is 3. The van der Waals surface area contributed by atoms with Crippen LogP contribution in [0, 0.1) is 0 Å². The van der Waals surface area contributed by atoms with Gasteiger partial charge in [0, 0.05) is 32.8 Å². The van der Waals surface area contributed by atoms with E-state index in [0.29, 0.717) is 0 Å². The first-order valence-electron chi connectivity index (χ1n) is 16.6. The molecule has 0 saturated heterocycles. The van der Waals surface area contributed by atoms with E-state index < -0.39 is 0 Å². The van der Waals surface area contributed by atoms with Crippen molar-refractivity contribution in [3.05, 3.63) is 176 Å². The van der Waals surface area contributed by atoms with Crippen LogP contribution in [-0.4, -0.2) is 0 Å². The first kappa shape index (κ1) is 27.5. The van der Waals surface area contributed by atoms with Crippen molar-refractivity contribution in [2.45, 2.75) is 0 Å². The van der Waals surface area contributed by atoms with E-state index in [4.69, 9.17) is 8.83 Å². The maximum absolute atomic E-state index is 6.97. The molecule has 0 saturated carbocycles. The first-order chi connectivity index (χ1) is 24.3. The number of fused-ring (bicyclic) bond motifs is 8. The summed E-state index contributed by atoms with van der Waals surface area (Å²) in [6.45, 7) is 0. The van der Waals surface area contributed by atoms with Gasteiger partial charge in [-0.1, -0.05) is 140 Å². The molecule has 2 heterocycles. The molecule has 0 spiro atoms. The van der Waals surface area contributed by atoms with Crippen LogP contribution in [0.25, 0.3) is 76.9 Å². The van der Waals surface area contributed by atoms with E-state index in [1.807, 2.05) is 12.1 Å². The summed E-state index contributed by atoms with van der Waals surface area (Å²) in [5.74, 6) is 0. The van der Waals surface area contributed by atoms with Crippen molar-refractivity contribution >= 4 is 71.7 Å². The van der Waals surface area contributed by atoms with Crippen molar-refractivity contribution in [1.29, 1.82) is 0 Å². The highest BCUT2D eigenvalue weighted by atomic mass is 16.3. The van der Waals surface area contributed by atoms with Crippen molar-refractivity contribution in [3.8, 4) is 22.3 Å². The maximum Gasteiger partial charge on any atom is 0.160 e. The Morgan fingerprint density at radius 2 is 1.02 bits per heavy atom. The number of hydrogen-bond acceptors (Lipinski definition) is 3. The lowest BCUT2D eigenvalue weighted by Crippen LogP contribution is -2.12. The fourth-order valence-corrected chi connectivity index (χ4v) is 7.40. The molecule has 3 heteroatoms. The van der Waals surface area contributed by atoms with Gasteiger partial charge in [-0.3, -0.25) is 0 Å². The zero-order valence-corrected chi connectivity index (χ0v) is 26.5. The van der Waals surface area contributed by atoms with Gasteiger partial charge in [-0.05, 0) is 63.9 Å². The lowest BCUT2D eigenvalue weighted by Gasteiger charge is -2.28. The topological polar surface area (TPSA) is 29.5 Å². The molecule has 0 aliphatic carbocycles. The minimum Gasteiger partial charge on any atom is -0.454 e. The molecule has 0 atom stereocenters. The second-order valence-corrected chi connectivity index (χ2v) is 12.5. The summed E-state index contributed by atoms with van der Waals surface area (Å²) in [4.78, 5) is 2.33. The van der Waals surface area contributed by atoms with Gasteiger partial charge in [0.25, 0.3) is 0 Å². The summed E-state index contributed by atoms with van der Waals surface area (Å²) >= 11 is 0. The zero-order valence-electron chi connectivity index (χ0n) is 26.5. The van der Waals surface area contributed by atoms with E-state index in [9.17, 15) is 0 Å². The predicted octanol–water partition coefficient (Wildman–Crippen LogP) is 13.4. The molecule has 0 amide bonds. The van der Waals surface area contributed by atoms with E-state index in [2.05, 4.69) is 169 Å². The van der Waals surface area contributed by atoms with E-state index in [1.54, 1.807) is 0 Å². The van der Waals surface area contributed by atoms with Crippen LogP contribution >= 0.6 is 0 Å². The van der Waals surface area contributed by atoms with Crippen LogP contribution in [0.3, 0.4) is 0 Å². The Labute approximate surface area is 282 Å². The van der Waals surface area contributed by atoms with E-state index >= 15 is 0 Å². The Morgan fingerprint density at radius 3 is 1.84 bits per heavy atom. The monoisotopic (exact) mass is 627 g/mol. The van der Waals surface area contributed by atoms with Crippen molar-refractivity contribution < 1.29 is 8.83 Å². The summed E-state index contributed by atoms with van der Waals surface area (Å²) in [5, 5.41) is 6.72. The van der Waals surface area contributed by atoms with Gasteiger partial charge in [0.1, 0.15) is 11.2 Å². The fraction of sp³-hybridized carbons (Fsp3) is 0. The number of hydrogen-bond donors (Lipinski definition) is 0. The zero-order chi connectivity index (χ0) is 32.3. The average Bonchev–Trinajstić information content (AvgIpc) is 3.76. The Hall–Kier alpha value is -6.58. The molecular formula is C46H29NO2. The number of para-hydroxylation sites is 2. The van der Waals surface area contributed by atoms with Crippen LogP contribution < -0.4 is 4.90 Å². The Balaban J connectivity index is 1.33. The molecule has 10 rings (SSSR count). The molecule has 49 heavy (non-hydrogen) atoms. The van der Waals surface area contributed by atoms with Crippen molar-refractivity contribution in [2.75, 3.05) is 4.90 Å². The second-order valence-electron chi connectivity index (χ2n) is 12.5. The predicted molar refractivity (Wildman–Crippen MR) is 204 cm³/mol. The lowest BCUT2D eigenvalue weighted by atomic mass is 9.97. The summed E-state index contributed by atoms with van der Waals surface area (Å²) in [6, 6.07) is 61.8. The molecule has 0 N–H and O–H groups in total. The lowest BCUT2D eigenvalue weighted by molar-refractivity contribution is 0.666. The Morgan fingerprint density at radius 1 is 0.367 bits per heavy atom. The summed E-state index contributed by atoms with van der Waals surface area (Å²) < 4.78 is 13.7. The summed E-state index contributed by atoms with van der Waals surface area (Å²) in [7, 11) is 0. The van der Waals surface area contributed by atoms with Crippen molar-refractivity contribution in [1.82, 2.24) is 0 Å². The van der Waals surface area contributed by atoms with Gasteiger partial charge in [-0.2, -0.15) is 0 Å². The minimum absolute atomic E-state index is 0.827. The maximum atomic E-state index is 6.97. The van der Waals surface area contributed by atoms with E-state index in [0.717, 1.165) is 77.6 Å². The molecule has 0 aliphatic rings. The van der Waals surface area contributed by atoms with Crippen LogP contribution in [0.4, 0.5) is 17.1 Å². The third kappa shape index (κ3) is 4.37. The minimum atomic E-state index is 0.827. The standard InChI is InChI=1S/C46H29NO2/c1-3-12-30(13-4-1)31-22-25-34(26-23-31)47(40-20-11-19-38-37-18-9-10-21-41(37)48-45(38)40)44-36(32-14-5-2-6-15-32)27-28-39-43-35-17-8-7-16-33(35)24-29-42(43)49-46(39)44/h1-29H. The quantitative estimate of drug-likeness (QED) is 0.190. The molecule has 3 nitrogen and oxygen atoms in total. The van der Waals surface area contributed by atoms with Gasteiger partial charge < -0.3 is 13.7 Å². The van der Waals surface area contributed by atoms with Gasteiger partial charge >= 0.3 is 0 Å². The fourth-order valence-electron chi connectivity index (χ4n) is 7.40. The van der Waals surface area contributed by atoms with Crippen LogP contribution in [-0.2, 0) is 0 Å². The van der Waals surface area contributed by atoms with Crippen LogP contribution in [0.2, 0.25) is 0 Å². The molecule has 230 valence electrons.